The second kappa shape index (κ2) is 5.20. The maximum atomic E-state index is 5.57. The molecule has 0 aliphatic rings. The van der Waals surface area contributed by atoms with E-state index in [9.17, 15) is 0 Å². The van der Waals surface area contributed by atoms with Crippen LogP contribution in [-0.4, -0.2) is 14.8 Å². The van der Waals surface area contributed by atoms with Crippen LogP contribution in [0.1, 0.15) is 29.8 Å². The Labute approximate surface area is 98.3 Å². The minimum Gasteiger partial charge on any atom is -0.272 e. The van der Waals surface area contributed by atoms with E-state index < -0.39 is 0 Å². The van der Waals surface area contributed by atoms with Gasteiger partial charge in [0.1, 0.15) is 0 Å². The molecule has 0 aromatic carbocycles. The molecule has 0 bridgehead atoms. The van der Waals surface area contributed by atoms with Gasteiger partial charge < -0.3 is 0 Å². The summed E-state index contributed by atoms with van der Waals surface area (Å²) >= 11 is 1.58. The van der Waals surface area contributed by atoms with Gasteiger partial charge in [-0.1, -0.05) is 6.92 Å². The molecular formula is C10H15N5S. The quantitative estimate of drug-likeness (QED) is 0.607. The fourth-order valence-corrected chi connectivity index (χ4v) is 2.30. The monoisotopic (exact) mass is 237 g/mol. The number of aromatic nitrogens is 3. The minimum absolute atomic E-state index is 0.0156. The molecule has 2 aromatic heterocycles. The van der Waals surface area contributed by atoms with Crippen LogP contribution < -0.4 is 11.3 Å². The first-order valence-corrected chi connectivity index (χ1v) is 6.10. The molecule has 0 amide bonds. The molecule has 1 atom stereocenters. The van der Waals surface area contributed by atoms with Crippen molar-refractivity contribution in [3.05, 3.63) is 34.5 Å². The lowest BCUT2D eigenvalue weighted by molar-refractivity contribution is 0.598. The fourth-order valence-electron chi connectivity index (χ4n) is 1.59. The van der Waals surface area contributed by atoms with Crippen LogP contribution in [-0.2, 0) is 6.54 Å². The molecule has 16 heavy (non-hydrogen) atoms. The largest absolute Gasteiger partial charge is 0.272 e. The summed E-state index contributed by atoms with van der Waals surface area (Å²) in [6.07, 6.45) is 6.77. The van der Waals surface area contributed by atoms with Crippen LogP contribution in [0.15, 0.2) is 24.1 Å². The second-order valence-corrected chi connectivity index (χ2v) is 4.46. The second-order valence-electron chi connectivity index (χ2n) is 3.54. The number of hydrogen-bond donors (Lipinski definition) is 2. The normalized spacial score (nSPS) is 12.9. The Kier molecular flexibility index (Phi) is 3.66. The van der Waals surface area contributed by atoms with Crippen LogP contribution >= 0.6 is 11.3 Å². The number of aryl methyl sites for hydroxylation is 1. The Morgan fingerprint density at radius 3 is 3.06 bits per heavy atom. The molecule has 3 N–H and O–H groups in total. The van der Waals surface area contributed by atoms with Crippen LogP contribution in [0.25, 0.3) is 0 Å². The molecule has 2 rings (SSSR count). The number of nitrogens with zero attached hydrogens (tertiary/aromatic N) is 3. The summed E-state index contributed by atoms with van der Waals surface area (Å²) in [5.41, 5.74) is 5.66. The third-order valence-corrected chi connectivity index (χ3v) is 3.18. The van der Waals surface area contributed by atoms with Crippen molar-refractivity contribution in [2.24, 2.45) is 5.84 Å². The average molecular weight is 237 g/mol. The number of hydrazine groups is 1. The number of hydrogen-bond acceptors (Lipinski definition) is 5. The molecular weight excluding hydrogens is 222 g/mol. The van der Waals surface area contributed by atoms with Gasteiger partial charge in [0.2, 0.25) is 0 Å². The molecule has 6 heteroatoms. The summed E-state index contributed by atoms with van der Waals surface area (Å²) in [4.78, 5) is 5.15. The van der Waals surface area contributed by atoms with E-state index in [4.69, 9.17) is 5.84 Å². The standard InChI is InChI=1S/C10H15N5S/c1-2-3-15-6-8(4-13-15)10(14-11)9-5-12-7-16-9/h4-7,10,14H,2-3,11H2,1H3. The van der Waals surface area contributed by atoms with Crippen LogP contribution in [0.2, 0.25) is 0 Å². The van der Waals surface area contributed by atoms with Crippen molar-refractivity contribution in [3.8, 4) is 0 Å². The Morgan fingerprint density at radius 1 is 1.56 bits per heavy atom. The molecule has 2 heterocycles. The summed E-state index contributed by atoms with van der Waals surface area (Å²) in [7, 11) is 0. The summed E-state index contributed by atoms with van der Waals surface area (Å²) in [6.45, 7) is 3.06. The van der Waals surface area contributed by atoms with E-state index in [1.165, 1.54) is 0 Å². The van der Waals surface area contributed by atoms with E-state index in [1.54, 1.807) is 16.8 Å². The third-order valence-electron chi connectivity index (χ3n) is 2.34. The zero-order chi connectivity index (χ0) is 11.4. The van der Waals surface area contributed by atoms with E-state index in [0.29, 0.717) is 0 Å². The maximum absolute atomic E-state index is 5.57. The minimum atomic E-state index is -0.0156. The van der Waals surface area contributed by atoms with Crippen LogP contribution in [0.4, 0.5) is 0 Å². The van der Waals surface area contributed by atoms with Gasteiger partial charge in [0.05, 0.1) is 17.7 Å². The van der Waals surface area contributed by atoms with Gasteiger partial charge in [0.25, 0.3) is 0 Å². The Balaban J connectivity index is 2.20. The molecule has 0 radical (unpaired) electrons. The van der Waals surface area contributed by atoms with Gasteiger partial charge in [-0.2, -0.15) is 5.10 Å². The number of rotatable bonds is 5. The van der Waals surface area contributed by atoms with Crippen molar-refractivity contribution in [3.63, 3.8) is 0 Å². The number of nitrogens with two attached hydrogens (primary N) is 1. The lowest BCUT2D eigenvalue weighted by Crippen LogP contribution is -2.27. The van der Waals surface area contributed by atoms with Crippen molar-refractivity contribution in [1.29, 1.82) is 0 Å². The topological polar surface area (TPSA) is 68.8 Å². The lowest BCUT2D eigenvalue weighted by Gasteiger charge is -2.10. The van der Waals surface area contributed by atoms with Crippen molar-refractivity contribution in [2.75, 3.05) is 0 Å². The molecule has 0 spiro atoms. The molecule has 0 aliphatic heterocycles. The number of nitrogens with one attached hydrogen (secondary N) is 1. The molecule has 0 saturated heterocycles. The molecule has 0 saturated carbocycles. The van der Waals surface area contributed by atoms with Gasteiger partial charge >= 0.3 is 0 Å². The highest BCUT2D eigenvalue weighted by molar-refractivity contribution is 7.09. The predicted octanol–water partition coefficient (Wildman–Crippen LogP) is 1.30. The van der Waals surface area contributed by atoms with Crippen molar-refractivity contribution < 1.29 is 0 Å². The number of thiazole rings is 1. The average Bonchev–Trinajstić information content (AvgIpc) is 2.92. The fraction of sp³-hybridized carbons (Fsp3) is 0.400. The SMILES string of the molecule is CCCn1cc(C(NN)c2cncs2)cn1. The van der Waals surface area contributed by atoms with Crippen LogP contribution in [0.5, 0.6) is 0 Å². The van der Waals surface area contributed by atoms with Gasteiger partial charge in [-0.15, -0.1) is 11.3 Å². The van der Waals surface area contributed by atoms with E-state index in [0.717, 1.165) is 23.4 Å². The first kappa shape index (κ1) is 11.3. The molecule has 0 aliphatic carbocycles. The Hall–Kier alpha value is -1.24. The molecule has 86 valence electrons. The third kappa shape index (κ3) is 2.29. The molecule has 2 aromatic rings. The summed E-state index contributed by atoms with van der Waals surface area (Å²) in [5, 5.41) is 4.29. The van der Waals surface area contributed by atoms with Gasteiger partial charge in [0, 0.05) is 29.4 Å². The smallest absolute Gasteiger partial charge is 0.0848 e. The highest BCUT2D eigenvalue weighted by Crippen LogP contribution is 2.23. The first-order valence-electron chi connectivity index (χ1n) is 5.22. The van der Waals surface area contributed by atoms with E-state index in [-0.39, 0.29) is 6.04 Å². The highest BCUT2D eigenvalue weighted by atomic mass is 32.1. The van der Waals surface area contributed by atoms with Gasteiger partial charge in [0.15, 0.2) is 0 Å². The van der Waals surface area contributed by atoms with Crippen molar-refractivity contribution in [2.45, 2.75) is 25.9 Å². The zero-order valence-corrected chi connectivity index (χ0v) is 9.94. The van der Waals surface area contributed by atoms with Crippen LogP contribution in [0, 0.1) is 0 Å². The summed E-state index contributed by atoms with van der Waals surface area (Å²) in [5.74, 6) is 5.57. The predicted molar refractivity (Wildman–Crippen MR) is 63.8 cm³/mol. The van der Waals surface area contributed by atoms with E-state index in [2.05, 4.69) is 22.4 Å². The molecule has 1 unspecified atom stereocenters. The van der Waals surface area contributed by atoms with Gasteiger partial charge in [-0.05, 0) is 6.42 Å². The Morgan fingerprint density at radius 2 is 2.44 bits per heavy atom. The maximum Gasteiger partial charge on any atom is 0.0848 e. The van der Waals surface area contributed by atoms with E-state index >= 15 is 0 Å². The van der Waals surface area contributed by atoms with Crippen molar-refractivity contribution >= 4 is 11.3 Å². The highest BCUT2D eigenvalue weighted by Gasteiger charge is 2.15. The molecule has 5 nitrogen and oxygen atoms in total. The summed E-state index contributed by atoms with van der Waals surface area (Å²) in [6, 6.07) is -0.0156. The van der Waals surface area contributed by atoms with Gasteiger partial charge in [-0.25, -0.2) is 5.43 Å². The lowest BCUT2D eigenvalue weighted by atomic mass is 10.1. The zero-order valence-electron chi connectivity index (χ0n) is 9.13. The van der Waals surface area contributed by atoms with Gasteiger partial charge in [-0.3, -0.25) is 15.5 Å². The molecule has 0 fully saturated rings. The van der Waals surface area contributed by atoms with Crippen molar-refractivity contribution in [1.82, 2.24) is 20.2 Å². The summed E-state index contributed by atoms with van der Waals surface area (Å²) < 4.78 is 1.93. The Bertz CT molecular complexity index is 422. The van der Waals surface area contributed by atoms with Crippen LogP contribution in [0.3, 0.4) is 0 Å². The van der Waals surface area contributed by atoms with E-state index in [1.807, 2.05) is 23.3 Å². The first-order chi connectivity index (χ1) is 7.85.